The van der Waals surface area contributed by atoms with Gasteiger partial charge in [0.1, 0.15) is 16.9 Å². The molecule has 142 valence electrons. The number of methoxy groups -OCH3 is 1. The molecule has 0 bridgehead atoms. The van der Waals surface area contributed by atoms with E-state index in [0.29, 0.717) is 22.9 Å². The molecule has 1 aromatic heterocycles. The Morgan fingerprint density at radius 1 is 0.929 bits per heavy atom. The number of amides is 2. The van der Waals surface area contributed by atoms with Crippen LogP contribution in [0.5, 0.6) is 5.75 Å². The third kappa shape index (κ3) is 3.39. The zero-order chi connectivity index (χ0) is 19.7. The summed E-state index contributed by atoms with van der Waals surface area (Å²) < 4.78 is 11.4. The summed E-state index contributed by atoms with van der Waals surface area (Å²) in [5.74, 6) is 1.02. The van der Waals surface area contributed by atoms with Crippen LogP contribution in [0.4, 0.5) is 16.2 Å². The lowest BCUT2D eigenvalue weighted by atomic mass is 10.0. The number of carbonyl (C=O) groups is 1. The van der Waals surface area contributed by atoms with E-state index in [2.05, 4.69) is 24.5 Å². The summed E-state index contributed by atoms with van der Waals surface area (Å²) in [7, 11) is 1.58. The van der Waals surface area contributed by atoms with Gasteiger partial charge in [0.15, 0.2) is 0 Å². The maximum absolute atomic E-state index is 12.5. The molecular weight excluding hydrogens is 352 g/mol. The van der Waals surface area contributed by atoms with Crippen molar-refractivity contribution in [2.45, 2.75) is 19.8 Å². The van der Waals surface area contributed by atoms with E-state index in [1.54, 1.807) is 13.2 Å². The number of hydrogen-bond donors (Lipinski definition) is 2. The van der Waals surface area contributed by atoms with Crippen LogP contribution in [0.2, 0.25) is 0 Å². The molecule has 4 rings (SSSR count). The number of nitrogens with one attached hydrogen (secondary N) is 2. The van der Waals surface area contributed by atoms with Crippen molar-refractivity contribution < 1.29 is 13.9 Å². The summed E-state index contributed by atoms with van der Waals surface area (Å²) in [6.45, 7) is 4.27. The summed E-state index contributed by atoms with van der Waals surface area (Å²) >= 11 is 0. The predicted molar refractivity (Wildman–Crippen MR) is 113 cm³/mol. The molecule has 2 N–H and O–H groups in total. The van der Waals surface area contributed by atoms with Gasteiger partial charge in [0.25, 0.3) is 0 Å². The Bertz CT molecular complexity index is 1140. The second-order valence-electron chi connectivity index (χ2n) is 7.00. The van der Waals surface area contributed by atoms with Crippen molar-refractivity contribution in [1.82, 2.24) is 0 Å². The SMILES string of the molecule is COc1cc2c(cc1NC(=O)Nc1ccc(C(C)C)cc1)oc1ccccc12. The molecule has 28 heavy (non-hydrogen) atoms. The van der Waals surface area contributed by atoms with Crippen molar-refractivity contribution >= 4 is 39.3 Å². The molecule has 0 saturated carbocycles. The second kappa shape index (κ2) is 7.27. The Morgan fingerprint density at radius 3 is 2.39 bits per heavy atom. The molecule has 0 unspecified atom stereocenters. The number of carbonyl (C=O) groups excluding carboxylic acids is 1. The van der Waals surface area contributed by atoms with Crippen LogP contribution in [0, 0.1) is 0 Å². The van der Waals surface area contributed by atoms with Crippen molar-refractivity contribution in [1.29, 1.82) is 0 Å². The molecule has 0 aliphatic carbocycles. The highest BCUT2D eigenvalue weighted by molar-refractivity contribution is 6.08. The number of furan rings is 1. The van der Waals surface area contributed by atoms with Gasteiger partial charge in [0.05, 0.1) is 12.8 Å². The number of para-hydroxylation sites is 1. The van der Waals surface area contributed by atoms with Crippen molar-refractivity contribution in [3.63, 3.8) is 0 Å². The van der Waals surface area contributed by atoms with E-state index < -0.39 is 0 Å². The van der Waals surface area contributed by atoms with E-state index in [1.165, 1.54) is 5.56 Å². The second-order valence-corrected chi connectivity index (χ2v) is 7.00. The minimum Gasteiger partial charge on any atom is -0.495 e. The molecule has 3 aromatic carbocycles. The first-order valence-corrected chi connectivity index (χ1v) is 9.22. The van der Waals surface area contributed by atoms with Crippen molar-refractivity contribution in [2.75, 3.05) is 17.7 Å². The molecule has 4 aromatic rings. The lowest BCUT2D eigenvalue weighted by molar-refractivity contribution is 0.262. The van der Waals surface area contributed by atoms with Crippen molar-refractivity contribution in [2.24, 2.45) is 0 Å². The molecule has 0 atom stereocenters. The maximum atomic E-state index is 12.5. The molecule has 5 heteroatoms. The largest absolute Gasteiger partial charge is 0.495 e. The van der Waals surface area contributed by atoms with Crippen LogP contribution in [0.1, 0.15) is 25.3 Å². The van der Waals surface area contributed by atoms with Crippen LogP contribution in [-0.4, -0.2) is 13.1 Å². The fraction of sp³-hybridized carbons (Fsp3) is 0.174. The summed E-state index contributed by atoms with van der Waals surface area (Å²) in [5.41, 5.74) is 3.99. The van der Waals surface area contributed by atoms with E-state index in [1.807, 2.05) is 54.6 Å². The Morgan fingerprint density at radius 2 is 1.68 bits per heavy atom. The minimum absolute atomic E-state index is 0.342. The normalized spacial score (nSPS) is 11.1. The fourth-order valence-corrected chi connectivity index (χ4v) is 3.25. The number of urea groups is 1. The first kappa shape index (κ1) is 17.9. The molecule has 0 aliphatic heterocycles. The number of hydrogen-bond acceptors (Lipinski definition) is 3. The molecule has 2 amide bonds. The van der Waals surface area contributed by atoms with Crippen LogP contribution in [0.25, 0.3) is 21.9 Å². The topological polar surface area (TPSA) is 63.5 Å². The van der Waals surface area contributed by atoms with Gasteiger partial charge in [-0.3, -0.25) is 0 Å². The van der Waals surface area contributed by atoms with Gasteiger partial charge in [-0.25, -0.2) is 4.79 Å². The van der Waals surface area contributed by atoms with Gasteiger partial charge in [-0.1, -0.05) is 44.2 Å². The lowest BCUT2D eigenvalue weighted by Gasteiger charge is -2.12. The third-order valence-electron chi connectivity index (χ3n) is 4.78. The smallest absolute Gasteiger partial charge is 0.323 e. The van der Waals surface area contributed by atoms with E-state index in [9.17, 15) is 4.79 Å². The van der Waals surface area contributed by atoms with Gasteiger partial charge >= 0.3 is 6.03 Å². The number of fused-ring (bicyclic) bond motifs is 3. The van der Waals surface area contributed by atoms with Gasteiger partial charge in [0.2, 0.25) is 0 Å². The number of benzene rings is 3. The lowest BCUT2D eigenvalue weighted by Crippen LogP contribution is -2.19. The van der Waals surface area contributed by atoms with Crippen molar-refractivity contribution in [3.8, 4) is 5.75 Å². The average Bonchev–Trinajstić information content (AvgIpc) is 3.05. The summed E-state index contributed by atoms with van der Waals surface area (Å²) in [5, 5.41) is 7.65. The molecule has 1 heterocycles. The number of ether oxygens (including phenoxy) is 1. The average molecular weight is 374 g/mol. The molecule has 5 nitrogen and oxygen atoms in total. The van der Waals surface area contributed by atoms with Gasteiger partial charge in [0, 0.05) is 22.5 Å². The number of rotatable bonds is 4. The molecule has 0 fully saturated rings. The quantitative estimate of drug-likeness (QED) is 0.437. The van der Waals surface area contributed by atoms with Gasteiger partial charge in [-0.05, 0) is 35.7 Å². The zero-order valence-corrected chi connectivity index (χ0v) is 16.1. The van der Waals surface area contributed by atoms with E-state index >= 15 is 0 Å². The number of anilines is 2. The standard InChI is InChI=1S/C23H22N2O3/c1-14(2)15-8-10-16(11-9-15)24-23(26)25-19-13-21-18(12-22(19)27-3)17-6-4-5-7-20(17)28-21/h4-14H,1-3H3,(H2,24,25,26). The molecule has 0 spiro atoms. The Labute approximate surface area is 163 Å². The zero-order valence-electron chi connectivity index (χ0n) is 16.1. The highest BCUT2D eigenvalue weighted by atomic mass is 16.5. The fourth-order valence-electron chi connectivity index (χ4n) is 3.25. The first-order chi connectivity index (χ1) is 13.5. The van der Waals surface area contributed by atoms with Crippen LogP contribution in [0.15, 0.2) is 65.1 Å². The first-order valence-electron chi connectivity index (χ1n) is 9.22. The summed E-state index contributed by atoms with van der Waals surface area (Å²) in [4.78, 5) is 12.5. The van der Waals surface area contributed by atoms with E-state index in [4.69, 9.17) is 9.15 Å². The summed E-state index contributed by atoms with van der Waals surface area (Å²) in [6, 6.07) is 19.0. The van der Waals surface area contributed by atoms with Crippen LogP contribution < -0.4 is 15.4 Å². The molecular formula is C23H22N2O3. The molecule has 0 saturated heterocycles. The predicted octanol–water partition coefficient (Wildman–Crippen LogP) is 6.36. The van der Waals surface area contributed by atoms with Gasteiger partial charge < -0.3 is 19.8 Å². The third-order valence-corrected chi connectivity index (χ3v) is 4.78. The Kier molecular flexibility index (Phi) is 4.65. The minimum atomic E-state index is -0.342. The van der Waals surface area contributed by atoms with Gasteiger partial charge in [-0.15, -0.1) is 0 Å². The molecule has 0 aliphatic rings. The van der Waals surface area contributed by atoms with Crippen LogP contribution >= 0.6 is 0 Å². The Hall–Kier alpha value is -3.47. The highest BCUT2D eigenvalue weighted by Crippen LogP contribution is 2.36. The van der Waals surface area contributed by atoms with E-state index in [-0.39, 0.29) is 6.03 Å². The van der Waals surface area contributed by atoms with Crippen molar-refractivity contribution in [3.05, 3.63) is 66.2 Å². The monoisotopic (exact) mass is 374 g/mol. The summed E-state index contributed by atoms with van der Waals surface area (Å²) in [6.07, 6.45) is 0. The van der Waals surface area contributed by atoms with E-state index in [0.717, 1.165) is 22.0 Å². The Balaban J connectivity index is 1.59. The van der Waals surface area contributed by atoms with Gasteiger partial charge in [-0.2, -0.15) is 0 Å². The maximum Gasteiger partial charge on any atom is 0.323 e. The highest BCUT2D eigenvalue weighted by Gasteiger charge is 2.14. The van der Waals surface area contributed by atoms with Crippen LogP contribution in [-0.2, 0) is 0 Å². The van der Waals surface area contributed by atoms with Crippen LogP contribution in [0.3, 0.4) is 0 Å². The molecule has 0 radical (unpaired) electrons.